The monoisotopic (exact) mass is 328 g/mol. The molecule has 0 heterocycles. The van der Waals surface area contributed by atoms with Crippen LogP contribution in [0.25, 0.3) is 0 Å². The number of carboxylic acids is 2. The molecule has 2 unspecified atom stereocenters. The summed E-state index contributed by atoms with van der Waals surface area (Å²) in [6, 6.07) is 0. The number of hydrogen-bond acceptors (Lipinski definition) is 8. The number of aliphatic hydroxyl groups excluding tert-OH is 1. The molecule has 0 amide bonds. The standard InChI is InChI=1S/C4H6O8S.3K/c5-1(3(6)7)2(4(8)9)13(10,11)12;;;/h1-2,5H,(H,6,7)(H,8,9)(H,10,11,12);;;/q;3*+1/p-3. The molecule has 0 aliphatic carbocycles. The van der Waals surface area contributed by atoms with Crippen molar-refractivity contribution in [2.45, 2.75) is 11.4 Å². The molecule has 0 aromatic rings. The summed E-state index contributed by atoms with van der Waals surface area (Å²) in [7, 11) is -5.49. The van der Waals surface area contributed by atoms with Crippen molar-refractivity contribution in [1.29, 1.82) is 0 Å². The minimum atomic E-state index is -5.49. The maximum Gasteiger partial charge on any atom is 1.00 e. The predicted octanol–water partition coefficient (Wildman–Crippen LogP) is -14.2. The Balaban J connectivity index is -0.000000240. The van der Waals surface area contributed by atoms with Gasteiger partial charge in [-0.1, -0.05) is 0 Å². The van der Waals surface area contributed by atoms with Crippen molar-refractivity contribution in [3.63, 3.8) is 0 Å². The van der Waals surface area contributed by atoms with E-state index in [4.69, 9.17) is 5.11 Å². The molecule has 76 valence electrons. The Morgan fingerprint density at radius 2 is 1.31 bits per heavy atom. The zero-order valence-corrected chi connectivity index (χ0v) is 19.1. The van der Waals surface area contributed by atoms with Gasteiger partial charge in [0.25, 0.3) is 0 Å². The van der Waals surface area contributed by atoms with Gasteiger partial charge in [-0.3, -0.25) is 0 Å². The van der Waals surface area contributed by atoms with Gasteiger partial charge < -0.3 is 29.5 Å². The predicted molar refractivity (Wildman–Crippen MR) is 29.5 cm³/mol. The Kier molecular flexibility index (Phi) is 21.8. The van der Waals surface area contributed by atoms with Crippen LogP contribution in [0.1, 0.15) is 0 Å². The minimum absolute atomic E-state index is 0. The van der Waals surface area contributed by atoms with E-state index in [1.54, 1.807) is 0 Å². The SMILES string of the molecule is O=C([O-])C(O)C(C(=O)[O-])S(=O)(=O)[O-].[K+].[K+].[K+]. The second kappa shape index (κ2) is 12.5. The molecule has 0 fully saturated rings. The van der Waals surface area contributed by atoms with Crippen molar-refractivity contribution in [3.05, 3.63) is 0 Å². The van der Waals surface area contributed by atoms with Gasteiger partial charge >= 0.3 is 154 Å². The molecule has 12 heteroatoms. The van der Waals surface area contributed by atoms with Crippen LogP contribution in [-0.4, -0.2) is 41.4 Å². The van der Waals surface area contributed by atoms with E-state index in [9.17, 15) is 32.8 Å². The van der Waals surface area contributed by atoms with E-state index in [1.807, 2.05) is 0 Å². The first-order valence-corrected chi connectivity index (χ1v) is 4.19. The van der Waals surface area contributed by atoms with Crippen molar-refractivity contribution >= 4 is 22.1 Å². The third kappa shape index (κ3) is 10.5. The first kappa shape index (κ1) is 28.0. The summed E-state index contributed by atoms with van der Waals surface area (Å²) in [5, 5.41) is 25.2. The van der Waals surface area contributed by atoms with Gasteiger partial charge in [0.05, 0.1) is 11.9 Å². The van der Waals surface area contributed by atoms with Crippen molar-refractivity contribution < 1.29 is 192 Å². The molecule has 0 aliphatic heterocycles. The molecule has 16 heavy (non-hydrogen) atoms. The van der Waals surface area contributed by atoms with E-state index < -0.39 is 33.4 Å². The van der Waals surface area contributed by atoms with E-state index in [1.165, 1.54) is 0 Å². The average Bonchev–Trinajstić information content (AvgIpc) is 1.82. The molecule has 0 aromatic heterocycles. The third-order valence-corrected chi connectivity index (χ3v) is 2.14. The molecule has 0 aromatic carbocycles. The van der Waals surface area contributed by atoms with Crippen LogP contribution in [-0.2, 0) is 19.7 Å². The zero-order valence-electron chi connectivity index (χ0n) is 8.87. The average molecular weight is 328 g/mol. The van der Waals surface area contributed by atoms with E-state index >= 15 is 0 Å². The number of aliphatic carboxylic acids is 2. The molecule has 0 bridgehead atoms. The second-order valence-electron chi connectivity index (χ2n) is 2.00. The maximum atomic E-state index is 10.1. The summed E-state index contributed by atoms with van der Waals surface area (Å²) in [6.45, 7) is 0. The summed E-state index contributed by atoms with van der Waals surface area (Å²) in [4.78, 5) is 19.8. The summed E-state index contributed by atoms with van der Waals surface area (Å²) >= 11 is 0. The Morgan fingerprint density at radius 1 is 1.00 bits per heavy atom. The Hall–Kier alpha value is 3.72. The fourth-order valence-electron chi connectivity index (χ4n) is 0.528. The van der Waals surface area contributed by atoms with E-state index in [0.717, 1.165) is 0 Å². The van der Waals surface area contributed by atoms with Crippen LogP contribution in [0.4, 0.5) is 0 Å². The van der Waals surface area contributed by atoms with Crippen molar-refractivity contribution in [1.82, 2.24) is 0 Å². The molecule has 0 aliphatic rings. The van der Waals surface area contributed by atoms with E-state index in [2.05, 4.69) is 0 Å². The molecule has 0 rings (SSSR count). The molecular weight excluding hydrogens is 325 g/mol. The molecule has 8 nitrogen and oxygen atoms in total. The minimum Gasteiger partial charge on any atom is -0.747 e. The molecule has 1 N–H and O–H groups in total. The molecule has 0 saturated carbocycles. The molecule has 0 radical (unpaired) electrons. The Labute approximate surface area is 219 Å². The van der Waals surface area contributed by atoms with Crippen LogP contribution in [0.5, 0.6) is 0 Å². The van der Waals surface area contributed by atoms with Crippen LogP contribution in [0, 0.1) is 0 Å². The van der Waals surface area contributed by atoms with Crippen molar-refractivity contribution in [3.8, 4) is 0 Å². The summed E-state index contributed by atoms with van der Waals surface area (Å²) in [5.74, 6) is -4.87. The van der Waals surface area contributed by atoms with Crippen LogP contribution < -0.4 is 164 Å². The van der Waals surface area contributed by atoms with E-state index in [0.29, 0.717) is 0 Å². The molecule has 0 spiro atoms. The number of carbonyl (C=O) groups excluding carboxylic acids is 2. The Morgan fingerprint density at radius 3 is 1.38 bits per heavy atom. The smallest absolute Gasteiger partial charge is 0.747 e. The summed E-state index contributed by atoms with van der Waals surface area (Å²) < 4.78 is 30.3. The van der Waals surface area contributed by atoms with Gasteiger partial charge in [-0.15, -0.1) is 0 Å². The van der Waals surface area contributed by atoms with Gasteiger partial charge in [-0.2, -0.15) is 0 Å². The van der Waals surface area contributed by atoms with Gasteiger partial charge in [0.15, 0.2) is 0 Å². The normalized spacial score (nSPS) is 13.1. The number of rotatable bonds is 4. The van der Waals surface area contributed by atoms with Crippen LogP contribution in [0.2, 0.25) is 0 Å². The first-order valence-electron chi connectivity index (χ1n) is 2.72. The van der Waals surface area contributed by atoms with Crippen molar-refractivity contribution in [2.24, 2.45) is 0 Å². The van der Waals surface area contributed by atoms with Crippen LogP contribution >= 0.6 is 0 Å². The van der Waals surface area contributed by atoms with Gasteiger partial charge in [0.1, 0.15) is 21.5 Å². The Bertz CT molecular complexity index is 326. The summed E-state index contributed by atoms with van der Waals surface area (Å²) in [6.07, 6.45) is -2.94. The van der Waals surface area contributed by atoms with Crippen LogP contribution in [0.3, 0.4) is 0 Å². The van der Waals surface area contributed by atoms with E-state index in [-0.39, 0.29) is 154 Å². The number of aliphatic hydroxyl groups is 1. The van der Waals surface area contributed by atoms with Crippen LogP contribution in [0.15, 0.2) is 0 Å². The largest absolute Gasteiger partial charge is 1.00 e. The number of carboxylic acid groups (broad SMARTS) is 2. The quantitative estimate of drug-likeness (QED) is 0.393. The fourth-order valence-corrected chi connectivity index (χ4v) is 1.19. The summed E-state index contributed by atoms with van der Waals surface area (Å²) in [5.41, 5.74) is 0. The molecule has 0 saturated heterocycles. The second-order valence-corrected chi connectivity index (χ2v) is 3.49. The third-order valence-electron chi connectivity index (χ3n) is 1.07. The fraction of sp³-hybridized carbons (Fsp3) is 0.500. The topological polar surface area (TPSA) is 158 Å². The van der Waals surface area contributed by atoms with Gasteiger partial charge in [0, 0.05) is 0 Å². The van der Waals surface area contributed by atoms with Gasteiger partial charge in [-0.05, 0) is 0 Å². The van der Waals surface area contributed by atoms with Gasteiger partial charge in [-0.25, -0.2) is 8.42 Å². The maximum absolute atomic E-state index is 10.1. The molecular formula is C4H3K3O8S. The van der Waals surface area contributed by atoms with Gasteiger partial charge in [0.2, 0.25) is 0 Å². The first-order chi connectivity index (χ1) is 5.68. The zero-order chi connectivity index (χ0) is 10.8. The molecule has 2 atom stereocenters. The number of carbonyl (C=O) groups is 2. The van der Waals surface area contributed by atoms with Crippen molar-refractivity contribution in [2.75, 3.05) is 0 Å². The number of hydrogen-bond donors (Lipinski definition) is 1.